The van der Waals surface area contributed by atoms with Gasteiger partial charge in [-0.25, -0.2) is 0 Å². The van der Waals surface area contributed by atoms with Crippen LogP contribution in [0.3, 0.4) is 0 Å². The van der Waals surface area contributed by atoms with Crippen molar-refractivity contribution in [2.75, 3.05) is 41.5 Å². The third kappa shape index (κ3) is 5.74. The Morgan fingerprint density at radius 1 is 0.905 bits per heavy atom. The minimum atomic E-state index is -0.531. The van der Waals surface area contributed by atoms with Gasteiger partial charge in [-0.15, -0.1) is 0 Å². The first kappa shape index (κ1) is 29.2. The lowest BCUT2D eigenvalue weighted by Gasteiger charge is -2.43. The highest BCUT2D eigenvalue weighted by atomic mass is 79.9. The van der Waals surface area contributed by atoms with Gasteiger partial charge in [0.25, 0.3) is 17.4 Å². The topological polar surface area (TPSA) is 108 Å². The summed E-state index contributed by atoms with van der Waals surface area (Å²) in [5, 5.41) is 2.84. The molecule has 2 amide bonds. The van der Waals surface area contributed by atoms with Gasteiger partial charge >= 0.3 is 0 Å². The molecule has 2 aliphatic rings. The second-order valence-electron chi connectivity index (χ2n) is 10.2. The number of likely N-dealkylation sites (tertiary alicyclic amines) is 1. The molecular formula is C31H32BrN3O7. The zero-order valence-corrected chi connectivity index (χ0v) is 25.4. The van der Waals surface area contributed by atoms with E-state index in [9.17, 15) is 14.4 Å². The minimum Gasteiger partial charge on any atom is -0.496 e. The van der Waals surface area contributed by atoms with Crippen molar-refractivity contribution in [1.82, 2.24) is 14.8 Å². The highest BCUT2D eigenvalue weighted by molar-refractivity contribution is 9.10. The Kier molecular flexibility index (Phi) is 8.58. The van der Waals surface area contributed by atoms with Gasteiger partial charge in [0, 0.05) is 52.9 Å². The Hall–Kier alpha value is -4.25. The van der Waals surface area contributed by atoms with Crippen LogP contribution in [0.1, 0.15) is 34.0 Å². The first-order chi connectivity index (χ1) is 20.3. The third-order valence-corrected chi connectivity index (χ3v) is 8.16. The number of aromatic nitrogens is 1. The van der Waals surface area contributed by atoms with Crippen molar-refractivity contribution in [3.63, 3.8) is 0 Å². The zero-order valence-electron chi connectivity index (χ0n) is 23.8. The molecule has 3 heterocycles. The molecule has 2 aliphatic heterocycles. The summed E-state index contributed by atoms with van der Waals surface area (Å²) in [5.74, 6) is 0.776. The molecule has 220 valence electrons. The highest BCUT2D eigenvalue weighted by Gasteiger charge is 2.37. The van der Waals surface area contributed by atoms with Gasteiger partial charge in [0.1, 0.15) is 11.4 Å². The van der Waals surface area contributed by atoms with Crippen molar-refractivity contribution in [3.8, 4) is 23.0 Å². The summed E-state index contributed by atoms with van der Waals surface area (Å²) in [6.07, 6.45) is 2.51. The number of nitrogens with one attached hydrogen (secondary N) is 1. The quantitative estimate of drug-likeness (QED) is 0.371. The number of benzene rings is 2. The number of piperidine rings is 1. The molecule has 0 saturated carbocycles. The Morgan fingerprint density at radius 2 is 1.62 bits per heavy atom. The molecule has 11 heteroatoms. The molecule has 3 aromatic rings. The van der Waals surface area contributed by atoms with E-state index in [1.54, 1.807) is 36.3 Å². The lowest BCUT2D eigenvalue weighted by Crippen LogP contribution is -2.50. The Morgan fingerprint density at radius 3 is 2.29 bits per heavy atom. The summed E-state index contributed by atoms with van der Waals surface area (Å²) in [6.45, 7) is 1.43. The standard InChI is InChI=1S/C31H32BrN3O7/c1-39-25-9-8-22(32)11-19(25)12-23(33-30(37)20-13-26(40-2)29(42-4)27(14-20)41-3)31(38)34-15-18-10-21(17-34)24-6-5-7-28(36)35(24)16-18/h5-9,11-14,18,21H,10,15-17H2,1-4H3,(H,33,37). The van der Waals surface area contributed by atoms with E-state index in [4.69, 9.17) is 18.9 Å². The number of halogens is 1. The molecule has 10 nitrogen and oxygen atoms in total. The molecule has 1 N–H and O–H groups in total. The van der Waals surface area contributed by atoms with Crippen LogP contribution in [0.2, 0.25) is 0 Å². The fraction of sp³-hybridized carbons (Fsp3) is 0.323. The van der Waals surface area contributed by atoms with E-state index in [1.165, 1.54) is 33.5 Å². The molecule has 0 radical (unpaired) electrons. The zero-order chi connectivity index (χ0) is 30.0. The molecule has 1 saturated heterocycles. The lowest BCUT2D eigenvalue weighted by atomic mass is 9.83. The molecule has 2 unspecified atom stereocenters. The van der Waals surface area contributed by atoms with Crippen molar-refractivity contribution in [1.29, 1.82) is 0 Å². The minimum absolute atomic E-state index is 0.0165. The van der Waals surface area contributed by atoms with E-state index in [0.717, 1.165) is 16.6 Å². The van der Waals surface area contributed by atoms with E-state index >= 15 is 0 Å². The fourth-order valence-electron chi connectivity index (χ4n) is 5.76. The summed E-state index contributed by atoms with van der Waals surface area (Å²) < 4.78 is 24.3. The van der Waals surface area contributed by atoms with Gasteiger partial charge < -0.3 is 33.7 Å². The number of hydrogen-bond acceptors (Lipinski definition) is 7. The molecule has 1 aromatic heterocycles. The van der Waals surface area contributed by atoms with Gasteiger partial charge in [0.05, 0.1) is 28.4 Å². The summed E-state index contributed by atoms with van der Waals surface area (Å²) >= 11 is 3.48. The summed E-state index contributed by atoms with van der Waals surface area (Å²) in [5.41, 5.74) is 1.80. The van der Waals surface area contributed by atoms with Gasteiger partial charge in [-0.2, -0.15) is 0 Å². The molecule has 42 heavy (non-hydrogen) atoms. The maximum atomic E-state index is 14.2. The number of carbonyl (C=O) groups excluding carboxylic acids is 2. The fourth-order valence-corrected chi connectivity index (χ4v) is 6.14. The van der Waals surface area contributed by atoms with Gasteiger partial charge in [0.2, 0.25) is 5.75 Å². The number of pyridine rings is 1. The van der Waals surface area contributed by atoms with Crippen LogP contribution >= 0.6 is 15.9 Å². The third-order valence-electron chi connectivity index (χ3n) is 7.66. The van der Waals surface area contributed by atoms with Crippen LogP contribution in [0.25, 0.3) is 6.08 Å². The second kappa shape index (κ2) is 12.3. The Balaban J connectivity index is 1.51. The number of nitrogens with zero attached hydrogens (tertiary/aromatic N) is 2. The van der Waals surface area contributed by atoms with Crippen LogP contribution in [-0.4, -0.2) is 62.8 Å². The van der Waals surface area contributed by atoms with E-state index in [-0.39, 0.29) is 34.6 Å². The molecular weight excluding hydrogens is 606 g/mol. The van der Waals surface area contributed by atoms with Crippen LogP contribution in [0.15, 0.2) is 63.5 Å². The maximum Gasteiger partial charge on any atom is 0.270 e. The van der Waals surface area contributed by atoms with E-state index in [2.05, 4.69) is 21.2 Å². The lowest BCUT2D eigenvalue weighted by molar-refractivity contribution is -0.130. The van der Waals surface area contributed by atoms with Crippen LogP contribution in [0.5, 0.6) is 23.0 Å². The number of carbonyl (C=O) groups is 2. The smallest absolute Gasteiger partial charge is 0.270 e. The number of amides is 2. The molecule has 2 atom stereocenters. The van der Waals surface area contributed by atoms with E-state index in [1.807, 2.05) is 22.8 Å². The predicted molar refractivity (Wildman–Crippen MR) is 160 cm³/mol. The van der Waals surface area contributed by atoms with Gasteiger partial charge in [0.15, 0.2) is 11.5 Å². The van der Waals surface area contributed by atoms with Crippen LogP contribution in [-0.2, 0) is 11.3 Å². The summed E-state index contributed by atoms with van der Waals surface area (Å²) in [4.78, 5) is 42.0. The first-order valence-corrected chi connectivity index (χ1v) is 14.2. The Bertz CT molecular complexity index is 1590. The molecule has 2 aromatic carbocycles. The largest absolute Gasteiger partial charge is 0.496 e. The van der Waals surface area contributed by atoms with Gasteiger partial charge in [-0.3, -0.25) is 14.4 Å². The average molecular weight is 639 g/mol. The van der Waals surface area contributed by atoms with Crippen molar-refractivity contribution >= 4 is 33.8 Å². The van der Waals surface area contributed by atoms with Crippen molar-refractivity contribution in [3.05, 3.63) is 85.9 Å². The Labute approximate surface area is 251 Å². The van der Waals surface area contributed by atoms with Crippen LogP contribution in [0.4, 0.5) is 0 Å². The maximum absolute atomic E-state index is 14.2. The average Bonchev–Trinajstić information content (AvgIpc) is 3.00. The highest BCUT2D eigenvalue weighted by Crippen LogP contribution is 2.39. The SMILES string of the molecule is COc1ccc(Br)cc1C=C(NC(=O)c1cc(OC)c(OC)c(OC)c1)C(=O)N1CC2CC(C1)c1cccc(=O)n1C2. The van der Waals surface area contributed by atoms with Crippen molar-refractivity contribution < 1.29 is 28.5 Å². The number of hydrogen-bond donors (Lipinski definition) is 1. The van der Waals surface area contributed by atoms with Gasteiger partial charge in [-0.1, -0.05) is 22.0 Å². The van der Waals surface area contributed by atoms with E-state index in [0.29, 0.717) is 48.2 Å². The monoisotopic (exact) mass is 637 g/mol. The molecule has 2 bridgehead atoms. The van der Waals surface area contributed by atoms with Crippen molar-refractivity contribution in [2.24, 2.45) is 5.92 Å². The van der Waals surface area contributed by atoms with Crippen molar-refractivity contribution in [2.45, 2.75) is 18.9 Å². The summed E-state index contributed by atoms with van der Waals surface area (Å²) in [6, 6.07) is 13.8. The molecule has 5 rings (SSSR count). The normalized spacial score (nSPS) is 17.6. The number of methoxy groups -OCH3 is 4. The van der Waals surface area contributed by atoms with Crippen LogP contribution < -0.4 is 29.8 Å². The molecule has 0 aliphatic carbocycles. The second-order valence-corrected chi connectivity index (χ2v) is 11.1. The predicted octanol–water partition coefficient (Wildman–Crippen LogP) is 4.06. The number of rotatable bonds is 8. The number of ether oxygens (including phenoxy) is 4. The first-order valence-electron chi connectivity index (χ1n) is 13.4. The molecule has 1 fully saturated rings. The molecule has 0 spiro atoms. The van der Waals surface area contributed by atoms with Crippen LogP contribution in [0, 0.1) is 5.92 Å². The van der Waals surface area contributed by atoms with E-state index < -0.39 is 5.91 Å². The number of fused-ring (bicyclic) bond motifs is 4. The summed E-state index contributed by atoms with van der Waals surface area (Å²) in [7, 11) is 5.95. The van der Waals surface area contributed by atoms with Gasteiger partial charge in [-0.05, 0) is 54.8 Å².